The van der Waals surface area contributed by atoms with Crippen LogP contribution in [0.4, 0.5) is 43.9 Å². The number of halogens is 10. The summed E-state index contributed by atoms with van der Waals surface area (Å²) in [6.07, 6.45) is -5.99. The predicted octanol–water partition coefficient (Wildman–Crippen LogP) is 5.12. The van der Waals surface area contributed by atoms with Gasteiger partial charge in [-0.1, -0.05) is 18.2 Å². The summed E-state index contributed by atoms with van der Waals surface area (Å²) in [5.74, 6) is -22.2. The molecule has 0 aliphatic heterocycles. The Bertz CT molecular complexity index is 1260. The molecule has 0 aliphatic carbocycles. The van der Waals surface area contributed by atoms with Crippen molar-refractivity contribution in [3.05, 3.63) is 104 Å². The summed E-state index contributed by atoms with van der Waals surface area (Å²) in [5, 5.41) is 0. The summed E-state index contributed by atoms with van der Waals surface area (Å²) in [5.41, 5.74) is 0.0669. The molecule has 0 saturated carbocycles. The molecule has 3 aromatic rings. The van der Waals surface area contributed by atoms with E-state index in [0.717, 1.165) is 18.2 Å². The van der Waals surface area contributed by atoms with Crippen LogP contribution < -0.4 is 11.5 Å². The molecule has 0 aromatic heterocycles. The molecule has 0 radical (unpaired) electrons. The van der Waals surface area contributed by atoms with E-state index in [9.17, 15) is 53.5 Å². The van der Waals surface area contributed by atoms with Gasteiger partial charge in [-0.15, -0.1) is 0 Å². The first-order chi connectivity index (χ1) is 16.7. The maximum Gasteiger partial charge on any atom is 0.199 e. The fourth-order valence-corrected chi connectivity index (χ4v) is 3.27. The van der Waals surface area contributed by atoms with Gasteiger partial charge in [0.2, 0.25) is 0 Å². The zero-order valence-electron chi connectivity index (χ0n) is 17.2. The number of nitrogens with two attached hydrogens (primary N) is 2. The molecule has 0 saturated heterocycles. The third-order valence-electron chi connectivity index (χ3n) is 4.99. The Kier molecular flexibility index (Phi) is 7.22. The summed E-state index contributed by atoms with van der Waals surface area (Å²) >= 11 is 0. The van der Waals surface area contributed by atoms with Gasteiger partial charge in [-0.05, 0) is 6.07 Å². The quantitative estimate of drug-likeness (QED) is 0.203. The number of alkyl halides is 2. The minimum atomic E-state index is -3.00. The average Bonchev–Trinajstić information content (AvgIpc) is 2.81. The number of carbonyl (C=O) groups excluding carboxylic acids is 2. The average molecular weight is 524 g/mol. The predicted molar refractivity (Wildman–Crippen MR) is 102 cm³/mol. The van der Waals surface area contributed by atoms with Gasteiger partial charge in [0.15, 0.2) is 70.7 Å². The van der Waals surface area contributed by atoms with Crippen molar-refractivity contribution >= 4 is 11.6 Å². The third-order valence-corrected chi connectivity index (χ3v) is 4.99. The molecule has 14 heteroatoms. The third kappa shape index (κ3) is 4.22. The monoisotopic (exact) mass is 524 g/mol. The van der Waals surface area contributed by atoms with Crippen molar-refractivity contribution < 1.29 is 53.5 Å². The van der Waals surface area contributed by atoms with Gasteiger partial charge in [-0.25, -0.2) is 43.9 Å². The highest BCUT2D eigenvalue weighted by Crippen LogP contribution is 2.32. The normalized spacial score (nSPS) is 13.0. The minimum absolute atomic E-state index is 0.428. The van der Waals surface area contributed by atoms with Crippen molar-refractivity contribution in [3.63, 3.8) is 0 Å². The first kappa shape index (κ1) is 26.8. The van der Waals surface area contributed by atoms with Crippen LogP contribution in [0.5, 0.6) is 0 Å². The van der Waals surface area contributed by atoms with E-state index in [-0.39, 0.29) is 0 Å². The Morgan fingerprint density at radius 1 is 0.556 bits per heavy atom. The van der Waals surface area contributed by atoms with E-state index in [1.807, 2.05) is 0 Å². The number of benzene rings is 3. The van der Waals surface area contributed by atoms with Crippen molar-refractivity contribution in [3.8, 4) is 0 Å². The second-order valence-corrected chi connectivity index (χ2v) is 7.13. The fraction of sp³-hybridized carbons (Fsp3) is 0.0909. The van der Waals surface area contributed by atoms with Crippen LogP contribution in [0.25, 0.3) is 0 Å². The molecule has 2 atom stereocenters. The van der Waals surface area contributed by atoms with E-state index >= 15 is 0 Å². The zero-order valence-corrected chi connectivity index (χ0v) is 17.2. The lowest BCUT2D eigenvalue weighted by Gasteiger charge is -2.13. The van der Waals surface area contributed by atoms with Crippen LogP contribution in [0.15, 0.2) is 24.3 Å². The van der Waals surface area contributed by atoms with Crippen LogP contribution in [0.2, 0.25) is 0 Å². The van der Waals surface area contributed by atoms with Gasteiger partial charge in [0.05, 0.1) is 11.1 Å². The van der Waals surface area contributed by atoms with Crippen molar-refractivity contribution in [2.45, 2.75) is 12.6 Å². The topological polar surface area (TPSA) is 86.2 Å². The lowest BCUT2D eigenvalue weighted by molar-refractivity contribution is 0.102. The van der Waals surface area contributed by atoms with Crippen molar-refractivity contribution in [1.82, 2.24) is 0 Å². The highest BCUT2D eigenvalue weighted by atomic mass is 19.2. The summed E-state index contributed by atoms with van der Waals surface area (Å²) in [6.45, 7) is 0. The van der Waals surface area contributed by atoms with Gasteiger partial charge < -0.3 is 0 Å². The molecular weight excluding hydrogens is 514 g/mol. The van der Waals surface area contributed by atoms with Crippen LogP contribution in [0.3, 0.4) is 0 Å². The SMILES string of the molecule is NC(F)c1c(F)c(F)c(C(=O)c2cccc(C(=O)c3c(F)c(F)c(C(N)F)c(F)c3F)c2)c(F)c1F. The number of carbonyl (C=O) groups is 2. The Morgan fingerprint density at radius 3 is 1.08 bits per heavy atom. The van der Waals surface area contributed by atoms with Gasteiger partial charge in [-0.3, -0.25) is 21.1 Å². The molecule has 2 unspecified atom stereocenters. The number of rotatable bonds is 6. The van der Waals surface area contributed by atoms with Crippen LogP contribution in [0, 0.1) is 46.5 Å². The first-order valence-electron chi connectivity index (χ1n) is 9.42. The Labute approximate surface area is 194 Å². The Balaban J connectivity index is 2.14. The van der Waals surface area contributed by atoms with Crippen LogP contribution in [0.1, 0.15) is 55.6 Å². The van der Waals surface area contributed by atoms with E-state index in [2.05, 4.69) is 11.5 Å². The molecular formula is C22H10F10N2O2. The molecule has 0 bridgehead atoms. The Morgan fingerprint density at radius 2 is 0.833 bits per heavy atom. The summed E-state index contributed by atoms with van der Waals surface area (Å²) in [6, 6.07) is 2.74. The van der Waals surface area contributed by atoms with Crippen LogP contribution in [-0.4, -0.2) is 11.6 Å². The zero-order chi connectivity index (χ0) is 27.2. The Hall–Kier alpha value is -3.78. The molecule has 0 amide bonds. The molecule has 0 spiro atoms. The van der Waals surface area contributed by atoms with Crippen molar-refractivity contribution in [2.24, 2.45) is 11.5 Å². The molecule has 3 rings (SSSR count). The second kappa shape index (κ2) is 9.70. The lowest BCUT2D eigenvalue weighted by atomic mass is 9.94. The molecule has 0 aliphatic rings. The molecule has 3 aromatic carbocycles. The maximum absolute atomic E-state index is 14.3. The number of ketones is 2. The molecule has 0 heterocycles. The largest absolute Gasteiger partial charge is 0.298 e. The summed E-state index contributed by atoms with van der Waals surface area (Å²) in [4.78, 5) is 25.1. The standard InChI is InChI=1S/C22H10F10N2O2/c23-11-7(12(24)16(28)9(15(11)27)21(31)33)19(35)5-2-1-3-6(4-5)20(36)8-13(25)17(29)10(22(32)34)18(30)14(8)26/h1-4,21-22H,33-34H2. The molecule has 4 N–H and O–H groups in total. The highest BCUT2D eigenvalue weighted by molar-refractivity contribution is 6.13. The number of hydrogen-bond acceptors (Lipinski definition) is 4. The van der Waals surface area contributed by atoms with Gasteiger partial charge in [0.1, 0.15) is 11.1 Å². The summed E-state index contributed by atoms with van der Waals surface area (Å²) < 4.78 is 140. The fourth-order valence-electron chi connectivity index (χ4n) is 3.27. The molecule has 0 fully saturated rings. The van der Waals surface area contributed by atoms with E-state index in [0.29, 0.717) is 6.07 Å². The van der Waals surface area contributed by atoms with E-state index in [1.54, 1.807) is 0 Å². The van der Waals surface area contributed by atoms with E-state index < -0.39 is 104 Å². The van der Waals surface area contributed by atoms with Gasteiger partial charge in [0.25, 0.3) is 0 Å². The number of hydrogen-bond donors (Lipinski definition) is 2. The molecule has 4 nitrogen and oxygen atoms in total. The maximum atomic E-state index is 14.3. The van der Waals surface area contributed by atoms with E-state index in [4.69, 9.17) is 0 Å². The van der Waals surface area contributed by atoms with Crippen LogP contribution in [-0.2, 0) is 0 Å². The first-order valence-corrected chi connectivity index (χ1v) is 9.42. The van der Waals surface area contributed by atoms with Crippen LogP contribution >= 0.6 is 0 Å². The molecule has 190 valence electrons. The molecule has 36 heavy (non-hydrogen) atoms. The smallest absolute Gasteiger partial charge is 0.199 e. The highest BCUT2D eigenvalue weighted by Gasteiger charge is 2.34. The second-order valence-electron chi connectivity index (χ2n) is 7.13. The minimum Gasteiger partial charge on any atom is -0.298 e. The van der Waals surface area contributed by atoms with E-state index in [1.165, 1.54) is 0 Å². The lowest BCUT2D eigenvalue weighted by Crippen LogP contribution is -2.19. The van der Waals surface area contributed by atoms with Crippen molar-refractivity contribution in [2.75, 3.05) is 0 Å². The van der Waals surface area contributed by atoms with Gasteiger partial charge in [-0.2, -0.15) is 0 Å². The van der Waals surface area contributed by atoms with Crippen molar-refractivity contribution in [1.29, 1.82) is 0 Å². The van der Waals surface area contributed by atoms with Gasteiger partial charge in [0, 0.05) is 11.1 Å². The van der Waals surface area contributed by atoms with Gasteiger partial charge >= 0.3 is 0 Å². The summed E-state index contributed by atoms with van der Waals surface area (Å²) in [7, 11) is 0.